The van der Waals surface area contributed by atoms with E-state index in [-0.39, 0.29) is 12.2 Å². The van der Waals surface area contributed by atoms with Crippen molar-refractivity contribution in [3.63, 3.8) is 0 Å². The second-order valence-corrected chi connectivity index (χ2v) is 8.91. The molecule has 1 fully saturated rings. The van der Waals surface area contributed by atoms with Crippen molar-refractivity contribution in [1.29, 1.82) is 0 Å². The van der Waals surface area contributed by atoms with E-state index in [4.69, 9.17) is 11.6 Å². The summed E-state index contributed by atoms with van der Waals surface area (Å²) in [6.45, 7) is 1.94. The van der Waals surface area contributed by atoms with Crippen LogP contribution in [0.25, 0.3) is 26.3 Å². The van der Waals surface area contributed by atoms with Crippen molar-refractivity contribution >= 4 is 38.8 Å². The molecule has 1 aliphatic heterocycles. The molecule has 7 heteroatoms. The van der Waals surface area contributed by atoms with E-state index in [1.165, 1.54) is 24.2 Å². The van der Waals surface area contributed by atoms with E-state index in [0.29, 0.717) is 20.9 Å². The lowest BCUT2D eigenvalue weighted by Gasteiger charge is -2.21. The van der Waals surface area contributed by atoms with Crippen molar-refractivity contribution in [2.24, 2.45) is 0 Å². The minimum atomic E-state index is -0.108. The number of rotatable bonds is 4. The van der Waals surface area contributed by atoms with Gasteiger partial charge in [-0.3, -0.25) is 9.36 Å². The third-order valence-electron chi connectivity index (χ3n) is 5.52. The first-order valence-corrected chi connectivity index (χ1v) is 11.1. The van der Waals surface area contributed by atoms with E-state index in [1.807, 2.05) is 48.5 Å². The summed E-state index contributed by atoms with van der Waals surface area (Å²) in [6, 6.07) is 15.3. The minimum absolute atomic E-state index is 0.0657. The lowest BCUT2D eigenvalue weighted by atomic mass is 10.1. The highest BCUT2D eigenvalue weighted by Crippen LogP contribution is 2.32. The molecular weight excluding hydrogens is 418 g/mol. The zero-order valence-corrected chi connectivity index (χ0v) is 17.8. The minimum Gasteiger partial charge on any atom is -0.392 e. The largest absolute Gasteiger partial charge is 0.392 e. The Morgan fingerprint density at radius 1 is 1.07 bits per heavy atom. The number of anilines is 1. The molecular formula is C23H20ClN3O2S. The van der Waals surface area contributed by atoms with Crippen LogP contribution >= 0.6 is 22.9 Å². The summed E-state index contributed by atoms with van der Waals surface area (Å²) in [7, 11) is 0. The van der Waals surface area contributed by atoms with Gasteiger partial charge in [0.15, 0.2) is 0 Å². The van der Waals surface area contributed by atoms with Crippen LogP contribution in [0.3, 0.4) is 0 Å². The maximum atomic E-state index is 13.2. The number of fused-ring (bicyclic) bond motifs is 1. The summed E-state index contributed by atoms with van der Waals surface area (Å²) in [5, 5.41) is 10.6. The predicted octanol–water partition coefficient (Wildman–Crippen LogP) is 4.86. The molecule has 5 rings (SSSR count). The molecule has 2 aromatic heterocycles. The summed E-state index contributed by atoms with van der Waals surface area (Å²) < 4.78 is 2.16. The molecule has 0 unspecified atom stereocenters. The Kier molecular flexibility index (Phi) is 5.06. The molecule has 1 N–H and O–H groups in total. The van der Waals surface area contributed by atoms with Crippen molar-refractivity contribution < 1.29 is 5.11 Å². The van der Waals surface area contributed by atoms with Gasteiger partial charge in [-0.25, -0.2) is 4.98 Å². The molecule has 0 amide bonds. The predicted molar refractivity (Wildman–Crippen MR) is 123 cm³/mol. The van der Waals surface area contributed by atoms with Gasteiger partial charge in [-0.15, -0.1) is 11.3 Å². The van der Waals surface area contributed by atoms with E-state index >= 15 is 0 Å². The van der Waals surface area contributed by atoms with E-state index in [1.54, 1.807) is 10.9 Å². The van der Waals surface area contributed by atoms with Gasteiger partial charge in [0.2, 0.25) is 0 Å². The zero-order valence-electron chi connectivity index (χ0n) is 16.2. The normalized spacial score (nSPS) is 14.0. The Labute approximate surface area is 182 Å². The smallest absolute Gasteiger partial charge is 0.275 e. The molecule has 30 heavy (non-hydrogen) atoms. The quantitative estimate of drug-likeness (QED) is 0.495. The first-order valence-electron chi connectivity index (χ1n) is 9.90. The van der Waals surface area contributed by atoms with Gasteiger partial charge in [-0.05, 0) is 54.8 Å². The monoisotopic (exact) mass is 437 g/mol. The summed E-state index contributed by atoms with van der Waals surface area (Å²) in [5.74, 6) is 0. The van der Waals surface area contributed by atoms with E-state index < -0.39 is 0 Å². The molecule has 0 aliphatic carbocycles. The number of hydrogen-bond donors (Lipinski definition) is 1. The Hall–Kier alpha value is -2.67. The van der Waals surface area contributed by atoms with Crippen molar-refractivity contribution in [2.75, 3.05) is 18.0 Å². The summed E-state index contributed by atoms with van der Waals surface area (Å²) in [4.78, 5) is 21.0. The van der Waals surface area contributed by atoms with E-state index in [0.717, 1.165) is 34.8 Å². The van der Waals surface area contributed by atoms with Gasteiger partial charge in [-0.2, -0.15) is 0 Å². The Morgan fingerprint density at radius 3 is 2.57 bits per heavy atom. The van der Waals surface area contributed by atoms with Crippen LogP contribution < -0.4 is 10.5 Å². The maximum Gasteiger partial charge on any atom is 0.275 e. The maximum absolute atomic E-state index is 13.2. The number of aromatic nitrogens is 2. The van der Waals surface area contributed by atoms with Crippen molar-refractivity contribution in [2.45, 2.75) is 19.4 Å². The standard InChI is InChI=1S/C23H20ClN3O2S/c24-17-5-3-15(4-6-17)21-12-19-22(30-21)23(29)27(14-25-19)18-7-8-20(16(11-18)13-28)26-9-1-2-10-26/h3-8,11-12,14,28H,1-2,9-10,13H2. The molecule has 5 nitrogen and oxygen atoms in total. The van der Waals surface area contributed by atoms with Crippen LogP contribution in [0.5, 0.6) is 0 Å². The highest BCUT2D eigenvalue weighted by atomic mass is 35.5. The van der Waals surface area contributed by atoms with Gasteiger partial charge < -0.3 is 10.0 Å². The van der Waals surface area contributed by atoms with E-state index in [2.05, 4.69) is 9.88 Å². The summed E-state index contributed by atoms with van der Waals surface area (Å²) in [5.41, 5.74) is 4.16. The number of thiophene rings is 1. The fraction of sp³-hybridized carbons (Fsp3) is 0.217. The van der Waals surface area contributed by atoms with Gasteiger partial charge in [0.25, 0.3) is 5.56 Å². The number of halogens is 1. The molecule has 3 heterocycles. The van der Waals surface area contributed by atoms with Crippen LogP contribution in [-0.2, 0) is 6.61 Å². The molecule has 4 aromatic rings. The summed E-state index contributed by atoms with van der Waals surface area (Å²) in [6.07, 6.45) is 3.90. The topological polar surface area (TPSA) is 58.4 Å². The number of hydrogen-bond acceptors (Lipinski definition) is 5. The number of aliphatic hydroxyl groups is 1. The fourth-order valence-electron chi connectivity index (χ4n) is 3.97. The molecule has 0 atom stereocenters. The van der Waals surface area contributed by atoms with Gasteiger partial charge in [-0.1, -0.05) is 23.7 Å². The average Bonchev–Trinajstić information content (AvgIpc) is 3.45. The van der Waals surface area contributed by atoms with Gasteiger partial charge >= 0.3 is 0 Å². The molecule has 2 aromatic carbocycles. The zero-order chi connectivity index (χ0) is 20.7. The molecule has 0 bridgehead atoms. The van der Waals surface area contributed by atoms with Gasteiger partial charge in [0, 0.05) is 34.2 Å². The lowest BCUT2D eigenvalue weighted by molar-refractivity contribution is 0.282. The second-order valence-electron chi connectivity index (χ2n) is 7.42. The van der Waals surface area contributed by atoms with Crippen LogP contribution in [-0.4, -0.2) is 27.7 Å². The van der Waals surface area contributed by atoms with Gasteiger partial charge in [0.1, 0.15) is 11.0 Å². The van der Waals surface area contributed by atoms with Crippen LogP contribution in [0.4, 0.5) is 5.69 Å². The summed E-state index contributed by atoms with van der Waals surface area (Å²) >= 11 is 7.41. The third-order valence-corrected chi connectivity index (χ3v) is 6.94. The average molecular weight is 438 g/mol. The van der Waals surface area contributed by atoms with Crippen molar-refractivity contribution in [3.05, 3.63) is 75.8 Å². The van der Waals surface area contributed by atoms with Crippen LogP contribution in [0.2, 0.25) is 5.02 Å². The molecule has 0 radical (unpaired) electrons. The van der Waals surface area contributed by atoms with Crippen molar-refractivity contribution in [3.8, 4) is 16.1 Å². The molecule has 1 saturated heterocycles. The van der Waals surface area contributed by atoms with Crippen LogP contribution in [0.1, 0.15) is 18.4 Å². The van der Waals surface area contributed by atoms with Gasteiger partial charge in [0.05, 0.1) is 17.8 Å². The fourth-order valence-corrected chi connectivity index (χ4v) is 5.14. The van der Waals surface area contributed by atoms with Crippen LogP contribution in [0, 0.1) is 0 Å². The SMILES string of the molecule is O=c1c2sc(-c3ccc(Cl)cc3)cc2ncn1-c1ccc(N2CCCC2)c(CO)c1. The number of nitrogens with zero attached hydrogens (tertiary/aromatic N) is 3. The Bertz CT molecular complexity index is 1270. The first-order chi connectivity index (χ1) is 14.6. The first kappa shape index (κ1) is 19.3. The Morgan fingerprint density at radius 2 is 1.83 bits per heavy atom. The molecule has 0 spiro atoms. The second kappa shape index (κ2) is 7.87. The van der Waals surface area contributed by atoms with Crippen molar-refractivity contribution in [1.82, 2.24) is 9.55 Å². The highest BCUT2D eigenvalue weighted by Gasteiger charge is 2.17. The molecule has 152 valence electrons. The molecule has 1 aliphatic rings. The number of benzene rings is 2. The molecule has 0 saturated carbocycles. The lowest BCUT2D eigenvalue weighted by Crippen LogP contribution is -2.21. The highest BCUT2D eigenvalue weighted by molar-refractivity contribution is 7.22. The third kappa shape index (κ3) is 3.41. The van der Waals surface area contributed by atoms with E-state index in [9.17, 15) is 9.90 Å². The van der Waals surface area contributed by atoms with Crippen LogP contribution in [0.15, 0.2) is 59.7 Å². The Balaban J connectivity index is 1.57. The number of aliphatic hydroxyl groups excluding tert-OH is 1.